The molecule has 1 N–H and O–H groups in total. The maximum Gasteiger partial charge on any atom is 0.299 e. The number of benzene rings is 2. The van der Waals surface area contributed by atoms with Crippen molar-refractivity contribution in [2.45, 2.75) is 19.4 Å². The van der Waals surface area contributed by atoms with E-state index in [1.54, 1.807) is 4.90 Å². The minimum atomic E-state index is -0.702. The van der Waals surface area contributed by atoms with Crippen LogP contribution in [0.2, 0.25) is 0 Å². The third-order valence-electron chi connectivity index (χ3n) is 4.27. The normalized spacial score (nSPS) is 16.6. The molecule has 1 heterocycles. The molecule has 134 valence electrons. The van der Waals surface area contributed by atoms with Gasteiger partial charge in [-0.3, -0.25) is 25.0 Å². The average molecular weight is 356 g/mol. The van der Waals surface area contributed by atoms with Gasteiger partial charge >= 0.3 is 0 Å². The SMILES string of the molecule is Cc1ccc(N2CCC(Nc3ccc([N+](=O)[O-])cc3[N+](=O)[O-])C2=O)cc1. The molecule has 0 spiro atoms. The Morgan fingerprint density at radius 1 is 1.08 bits per heavy atom. The highest BCUT2D eigenvalue weighted by atomic mass is 16.6. The van der Waals surface area contributed by atoms with Crippen molar-refractivity contribution in [2.75, 3.05) is 16.8 Å². The molecule has 26 heavy (non-hydrogen) atoms. The Kier molecular flexibility index (Phi) is 4.53. The Hall–Kier alpha value is -3.49. The van der Waals surface area contributed by atoms with E-state index in [9.17, 15) is 25.0 Å². The summed E-state index contributed by atoms with van der Waals surface area (Å²) in [5.74, 6) is -0.193. The maximum absolute atomic E-state index is 12.6. The van der Waals surface area contributed by atoms with E-state index in [1.807, 2.05) is 31.2 Å². The number of carbonyl (C=O) groups is 1. The molecule has 1 saturated heterocycles. The number of non-ortho nitro benzene ring substituents is 1. The van der Waals surface area contributed by atoms with Crippen LogP contribution in [0.5, 0.6) is 0 Å². The van der Waals surface area contributed by atoms with Gasteiger partial charge in [0.1, 0.15) is 11.7 Å². The zero-order chi connectivity index (χ0) is 18.8. The molecular formula is C17H16N4O5. The molecule has 0 radical (unpaired) electrons. The number of hydrogen-bond donors (Lipinski definition) is 1. The number of aryl methyl sites for hydroxylation is 1. The molecule has 1 aliphatic heterocycles. The van der Waals surface area contributed by atoms with Crippen molar-refractivity contribution in [2.24, 2.45) is 0 Å². The van der Waals surface area contributed by atoms with Gasteiger partial charge < -0.3 is 10.2 Å². The molecule has 2 aromatic rings. The van der Waals surface area contributed by atoms with Crippen molar-refractivity contribution in [3.05, 3.63) is 68.3 Å². The van der Waals surface area contributed by atoms with Crippen LogP contribution in [0.3, 0.4) is 0 Å². The van der Waals surface area contributed by atoms with E-state index in [0.29, 0.717) is 13.0 Å². The molecule has 0 saturated carbocycles. The van der Waals surface area contributed by atoms with Gasteiger partial charge in [-0.2, -0.15) is 0 Å². The number of hydrogen-bond acceptors (Lipinski definition) is 6. The van der Waals surface area contributed by atoms with Gasteiger partial charge in [0.25, 0.3) is 11.4 Å². The number of nitro benzene ring substituents is 2. The average Bonchev–Trinajstić information content (AvgIpc) is 2.96. The molecule has 9 nitrogen and oxygen atoms in total. The molecule has 1 fully saturated rings. The lowest BCUT2D eigenvalue weighted by Crippen LogP contribution is -2.33. The standard InChI is InChI=1S/C17H16N4O5/c1-11-2-4-12(5-3-11)19-9-8-15(17(19)22)18-14-7-6-13(20(23)24)10-16(14)21(25)26/h2-7,10,15,18H,8-9H2,1H3. The van der Waals surface area contributed by atoms with Crippen LogP contribution in [0.15, 0.2) is 42.5 Å². The fourth-order valence-corrected chi connectivity index (χ4v) is 2.89. The maximum atomic E-state index is 12.6. The zero-order valence-corrected chi connectivity index (χ0v) is 13.9. The Morgan fingerprint density at radius 2 is 1.77 bits per heavy atom. The van der Waals surface area contributed by atoms with Crippen molar-refractivity contribution < 1.29 is 14.6 Å². The van der Waals surface area contributed by atoms with Crippen molar-refractivity contribution >= 4 is 28.7 Å². The summed E-state index contributed by atoms with van der Waals surface area (Å²) in [5.41, 5.74) is 1.13. The minimum absolute atomic E-state index is 0.0877. The molecule has 0 aromatic heterocycles. The molecular weight excluding hydrogens is 340 g/mol. The smallest absolute Gasteiger partial charge is 0.299 e. The summed E-state index contributed by atoms with van der Waals surface area (Å²) >= 11 is 0. The predicted molar refractivity (Wildman–Crippen MR) is 95.3 cm³/mol. The highest BCUT2D eigenvalue weighted by molar-refractivity contribution is 6.01. The van der Waals surface area contributed by atoms with Crippen LogP contribution in [0, 0.1) is 27.2 Å². The van der Waals surface area contributed by atoms with Gasteiger partial charge in [0.15, 0.2) is 0 Å². The molecule has 1 amide bonds. The first-order valence-corrected chi connectivity index (χ1v) is 7.94. The second-order valence-corrected chi connectivity index (χ2v) is 6.03. The van der Waals surface area contributed by atoms with Crippen molar-refractivity contribution in [1.29, 1.82) is 0 Å². The number of rotatable bonds is 5. The predicted octanol–water partition coefficient (Wildman–Crippen LogP) is 3.03. The number of nitrogens with zero attached hydrogens (tertiary/aromatic N) is 3. The first-order chi connectivity index (χ1) is 12.4. The Bertz CT molecular complexity index is 881. The summed E-state index contributed by atoms with van der Waals surface area (Å²) in [5, 5.41) is 24.9. The van der Waals surface area contributed by atoms with Crippen LogP contribution < -0.4 is 10.2 Å². The second-order valence-electron chi connectivity index (χ2n) is 6.03. The van der Waals surface area contributed by atoms with Crippen LogP contribution in [-0.2, 0) is 4.79 Å². The van der Waals surface area contributed by atoms with Gasteiger partial charge in [-0.05, 0) is 31.5 Å². The van der Waals surface area contributed by atoms with Gasteiger partial charge in [0, 0.05) is 18.3 Å². The summed E-state index contributed by atoms with van der Waals surface area (Å²) in [6, 6.07) is 10.2. The van der Waals surface area contributed by atoms with Crippen molar-refractivity contribution in [3.8, 4) is 0 Å². The summed E-state index contributed by atoms with van der Waals surface area (Å²) in [7, 11) is 0. The highest BCUT2D eigenvalue weighted by Gasteiger charge is 2.34. The Morgan fingerprint density at radius 3 is 2.38 bits per heavy atom. The zero-order valence-electron chi connectivity index (χ0n) is 13.9. The molecule has 3 rings (SSSR count). The van der Waals surface area contributed by atoms with Crippen molar-refractivity contribution in [3.63, 3.8) is 0 Å². The first kappa shape index (κ1) is 17.3. The molecule has 0 aliphatic carbocycles. The molecule has 9 heteroatoms. The van der Waals surface area contributed by atoms with E-state index < -0.39 is 21.6 Å². The third-order valence-corrected chi connectivity index (χ3v) is 4.27. The van der Waals surface area contributed by atoms with E-state index >= 15 is 0 Å². The quantitative estimate of drug-likeness (QED) is 0.650. The van der Waals surface area contributed by atoms with Crippen LogP contribution in [0.25, 0.3) is 0 Å². The number of amides is 1. The van der Waals surface area contributed by atoms with E-state index in [2.05, 4.69) is 5.32 Å². The largest absolute Gasteiger partial charge is 0.368 e. The van der Waals surface area contributed by atoms with Gasteiger partial charge in [-0.1, -0.05) is 17.7 Å². The van der Waals surface area contributed by atoms with E-state index in [0.717, 1.165) is 17.3 Å². The summed E-state index contributed by atoms with van der Waals surface area (Å²) in [6.07, 6.45) is 0.473. The number of anilines is 2. The molecule has 1 unspecified atom stereocenters. The summed E-state index contributed by atoms with van der Waals surface area (Å²) in [4.78, 5) is 34.9. The molecule has 1 atom stereocenters. The lowest BCUT2D eigenvalue weighted by Gasteiger charge is -2.18. The third kappa shape index (κ3) is 3.32. The lowest BCUT2D eigenvalue weighted by molar-refractivity contribution is -0.393. The van der Waals surface area contributed by atoms with Gasteiger partial charge in [-0.15, -0.1) is 0 Å². The van der Waals surface area contributed by atoms with Gasteiger partial charge in [0.05, 0.1) is 15.9 Å². The Balaban J connectivity index is 1.81. The number of nitrogens with one attached hydrogen (secondary N) is 1. The van der Waals surface area contributed by atoms with Crippen LogP contribution in [0.1, 0.15) is 12.0 Å². The van der Waals surface area contributed by atoms with Gasteiger partial charge in [0.2, 0.25) is 5.91 Å². The topological polar surface area (TPSA) is 119 Å². The minimum Gasteiger partial charge on any atom is -0.368 e. The van der Waals surface area contributed by atoms with E-state index in [4.69, 9.17) is 0 Å². The molecule has 2 aromatic carbocycles. The summed E-state index contributed by atoms with van der Waals surface area (Å²) in [6.45, 7) is 2.44. The van der Waals surface area contributed by atoms with Gasteiger partial charge in [-0.25, -0.2) is 0 Å². The fourth-order valence-electron chi connectivity index (χ4n) is 2.89. The number of carbonyl (C=O) groups excluding carboxylic acids is 1. The monoisotopic (exact) mass is 356 g/mol. The first-order valence-electron chi connectivity index (χ1n) is 7.94. The van der Waals surface area contributed by atoms with Crippen LogP contribution in [-0.4, -0.2) is 28.3 Å². The van der Waals surface area contributed by atoms with Crippen LogP contribution >= 0.6 is 0 Å². The second kappa shape index (κ2) is 6.79. The summed E-state index contributed by atoms with van der Waals surface area (Å²) < 4.78 is 0. The van der Waals surface area contributed by atoms with Crippen LogP contribution in [0.4, 0.5) is 22.7 Å². The highest BCUT2D eigenvalue weighted by Crippen LogP contribution is 2.31. The number of nitro groups is 2. The molecule has 0 bridgehead atoms. The molecule has 1 aliphatic rings. The lowest BCUT2D eigenvalue weighted by atomic mass is 10.2. The Labute approximate surface area is 148 Å². The van der Waals surface area contributed by atoms with Crippen molar-refractivity contribution in [1.82, 2.24) is 0 Å². The van der Waals surface area contributed by atoms with E-state index in [-0.39, 0.29) is 17.3 Å². The van der Waals surface area contributed by atoms with E-state index in [1.165, 1.54) is 12.1 Å². The fraction of sp³-hybridized carbons (Fsp3) is 0.235.